The zero-order valence-electron chi connectivity index (χ0n) is 11.8. The van der Waals surface area contributed by atoms with Crippen molar-refractivity contribution >= 4 is 5.91 Å². The Morgan fingerprint density at radius 2 is 1.80 bits per heavy atom. The van der Waals surface area contributed by atoms with Crippen molar-refractivity contribution in [2.24, 2.45) is 5.92 Å². The van der Waals surface area contributed by atoms with Gasteiger partial charge in [-0.1, -0.05) is 30.3 Å². The predicted octanol–water partition coefficient (Wildman–Crippen LogP) is 1.16. The van der Waals surface area contributed by atoms with Gasteiger partial charge in [0.1, 0.15) is 0 Å². The first-order valence-electron chi connectivity index (χ1n) is 7.63. The molecule has 4 heteroatoms. The fourth-order valence-corrected chi connectivity index (χ4v) is 3.24. The first-order chi connectivity index (χ1) is 9.86. The van der Waals surface area contributed by atoms with Crippen molar-refractivity contribution in [3.05, 3.63) is 35.9 Å². The SMILES string of the molecule is O=C(C1CCNCC1)N1CCNC[C@@H]1c1ccccc1. The molecule has 0 spiro atoms. The van der Waals surface area contributed by atoms with E-state index in [2.05, 4.69) is 39.8 Å². The van der Waals surface area contributed by atoms with Crippen LogP contribution in [0.25, 0.3) is 0 Å². The number of nitrogens with one attached hydrogen (secondary N) is 2. The highest BCUT2D eigenvalue weighted by atomic mass is 16.2. The van der Waals surface area contributed by atoms with Gasteiger partial charge in [-0.2, -0.15) is 0 Å². The number of amides is 1. The minimum atomic E-state index is 0.187. The summed E-state index contributed by atoms with van der Waals surface area (Å²) < 4.78 is 0. The Labute approximate surface area is 120 Å². The summed E-state index contributed by atoms with van der Waals surface area (Å²) >= 11 is 0. The molecule has 1 amide bonds. The second-order valence-corrected chi connectivity index (χ2v) is 5.69. The lowest BCUT2D eigenvalue weighted by Gasteiger charge is -2.39. The average Bonchev–Trinajstić information content (AvgIpc) is 2.56. The van der Waals surface area contributed by atoms with E-state index in [1.807, 2.05) is 6.07 Å². The van der Waals surface area contributed by atoms with Gasteiger partial charge in [0.25, 0.3) is 0 Å². The van der Waals surface area contributed by atoms with Crippen molar-refractivity contribution < 1.29 is 4.79 Å². The van der Waals surface area contributed by atoms with E-state index in [-0.39, 0.29) is 12.0 Å². The van der Waals surface area contributed by atoms with E-state index < -0.39 is 0 Å². The Morgan fingerprint density at radius 3 is 2.55 bits per heavy atom. The van der Waals surface area contributed by atoms with Crippen molar-refractivity contribution in [3.63, 3.8) is 0 Å². The second kappa shape index (κ2) is 6.37. The van der Waals surface area contributed by atoms with E-state index in [4.69, 9.17) is 0 Å². The Kier molecular flexibility index (Phi) is 4.33. The van der Waals surface area contributed by atoms with Gasteiger partial charge in [0.05, 0.1) is 6.04 Å². The molecule has 1 aromatic carbocycles. The van der Waals surface area contributed by atoms with Gasteiger partial charge in [-0.3, -0.25) is 4.79 Å². The molecule has 2 N–H and O–H groups in total. The Bertz CT molecular complexity index is 442. The van der Waals surface area contributed by atoms with Crippen molar-refractivity contribution in [1.82, 2.24) is 15.5 Å². The summed E-state index contributed by atoms with van der Waals surface area (Å²) in [7, 11) is 0. The Hall–Kier alpha value is -1.39. The Morgan fingerprint density at radius 1 is 1.05 bits per heavy atom. The van der Waals surface area contributed by atoms with Crippen LogP contribution in [-0.4, -0.2) is 43.5 Å². The zero-order chi connectivity index (χ0) is 13.8. The summed E-state index contributed by atoms with van der Waals surface area (Å²) in [6.07, 6.45) is 1.95. The molecule has 2 aliphatic rings. The first-order valence-corrected chi connectivity index (χ1v) is 7.63. The van der Waals surface area contributed by atoms with E-state index in [1.165, 1.54) is 5.56 Å². The molecular formula is C16H23N3O. The lowest BCUT2D eigenvalue weighted by atomic mass is 9.94. The van der Waals surface area contributed by atoms with Crippen molar-refractivity contribution in [2.45, 2.75) is 18.9 Å². The molecule has 0 aliphatic carbocycles. The lowest BCUT2D eigenvalue weighted by molar-refractivity contribution is -0.139. The van der Waals surface area contributed by atoms with E-state index in [1.54, 1.807) is 0 Å². The summed E-state index contributed by atoms with van der Waals surface area (Å²) in [6, 6.07) is 10.6. The highest BCUT2D eigenvalue weighted by molar-refractivity contribution is 5.79. The van der Waals surface area contributed by atoms with Crippen LogP contribution >= 0.6 is 0 Å². The molecule has 0 radical (unpaired) electrons. The fourth-order valence-electron chi connectivity index (χ4n) is 3.24. The molecule has 2 saturated heterocycles. The maximum atomic E-state index is 12.8. The molecule has 2 heterocycles. The molecular weight excluding hydrogens is 250 g/mol. The highest BCUT2D eigenvalue weighted by Gasteiger charge is 2.32. The molecule has 108 valence electrons. The molecule has 1 atom stereocenters. The van der Waals surface area contributed by atoms with Gasteiger partial charge >= 0.3 is 0 Å². The van der Waals surface area contributed by atoms with Crippen LogP contribution in [0.2, 0.25) is 0 Å². The molecule has 2 aliphatic heterocycles. The normalized spacial score (nSPS) is 24.6. The van der Waals surface area contributed by atoms with Crippen LogP contribution in [0.3, 0.4) is 0 Å². The van der Waals surface area contributed by atoms with Crippen LogP contribution in [0.1, 0.15) is 24.4 Å². The average molecular weight is 273 g/mol. The van der Waals surface area contributed by atoms with Gasteiger partial charge in [0, 0.05) is 25.6 Å². The third-order valence-electron chi connectivity index (χ3n) is 4.40. The van der Waals surface area contributed by atoms with Gasteiger partial charge in [0.2, 0.25) is 5.91 Å². The second-order valence-electron chi connectivity index (χ2n) is 5.69. The molecule has 0 unspecified atom stereocenters. The van der Waals surface area contributed by atoms with Crippen LogP contribution in [-0.2, 0) is 4.79 Å². The van der Waals surface area contributed by atoms with Crippen LogP contribution < -0.4 is 10.6 Å². The van der Waals surface area contributed by atoms with E-state index >= 15 is 0 Å². The van der Waals surface area contributed by atoms with Gasteiger partial charge in [0.15, 0.2) is 0 Å². The number of piperazine rings is 1. The molecule has 0 aromatic heterocycles. The smallest absolute Gasteiger partial charge is 0.226 e. The largest absolute Gasteiger partial charge is 0.333 e. The van der Waals surface area contributed by atoms with Crippen LogP contribution in [0.5, 0.6) is 0 Å². The number of hydrogen-bond acceptors (Lipinski definition) is 3. The topological polar surface area (TPSA) is 44.4 Å². The fraction of sp³-hybridized carbons (Fsp3) is 0.562. The first kappa shape index (κ1) is 13.6. The monoisotopic (exact) mass is 273 g/mol. The third-order valence-corrected chi connectivity index (χ3v) is 4.40. The molecule has 0 bridgehead atoms. The maximum absolute atomic E-state index is 12.8. The maximum Gasteiger partial charge on any atom is 0.226 e. The number of piperidine rings is 1. The summed E-state index contributed by atoms with van der Waals surface area (Å²) in [4.78, 5) is 14.9. The summed E-state index contributed by atoms with van der Waals surface area (Å²) in [5, 5.41) is 6.75. The van der Waals surface area contributed by atoms with Crippen molar-refractivity contribution in [2.75, 3.05) is 32.7 Å². The number of benzene rings is 1. The Balaban J connectivity index is 1.76. The third kappa shape index (κ3) is 2.86. The van der Waals surface area contributed by atoms with Gasteiger partial charge in [-0.05, 0) is 31.5 Å². The number of carbonyl (C=O) groups is 1. The molecule has 0 saturated carbocycles. The molecule has 4 nitrogen and oxygen atoms in total. The van der Waals surface area contributed by atoms with Gasteiger partial charge in [-0.25, -0.2) is 0 Å². The predicted molar refractivity (Wildman–Crippen MR) is 79.4 cm³/mol. The van der Waals surface area contributed by atoms with Crippen LogP contribution in [0.4, 0.5) is 0 Å². The lowest BCUT2D eigenvalue weighted by Crippen LogP contribution is -2.51. The number of nitrogens with zero attached hydrogens (tertiary/aromatic N) is 1. The van der Waals surface area contributed by atoms with E-state index in [0.29, 0.717) is 5.91 Å². The summed E-state index contributed by atoms with van der Waals surface area (Å²) in [5.41, 5.74) is 1.24. The van der Waals surface area contributed by atoms with Crippen molar-refractivity contribution in [1.29, 1.82) is 0 Å². The molecule has 20 heavy (non-hydrogen) atoms. The minimum Gasteiger partial charge on any atom is -0.333 e. The number of hydrogen-bond donors (Lipinski definition) is 2. The van der Waals surface area contributed by atoms with E-state index in [0.717, 1.165) is 45.6 Å². The minimum absolute atomic E-state index is 0.187. The molecule has 3 rings (SSSR count). The molecule has 1 aromatic rings. The quantitative estimate of drug-likeness (QED) is 0.850. The zero-order valence-corrected chi connectivity index (χ0v) is 11.8. The number of rotatable bonds is 2. The van der Waals surface area contributed by atoms with Gasteiger partial charge in [-0.15, -0.1) is 0 Å². The summed E-state index contributed by atoms with van der Waals surface area (Å²) in [5.74, 6) is 0.558. The van der Waals surface area contributed by atoms with Crippen LogP contribution in [0.15, 0.2) is 30.3 Å². The number of carbonyl (C=O) groups excluding carboxylic acids is 1. The van der Waals surface area contributed by atoms with Crippen LogP contribution in [0, 0.1) is 5.92 Å². The highest BCUT2D eigenvalue weighted by Crippen LogP contribution is 2.26. The standard InChI is InChI=1S/C16H23N3O/c20-16(14-6-8-17-9-7-14)19-11-10-18-12-15(19)13-4-2-1-3-5-13/h1-5,14-15,17-18H,6-12H2/t15-/m1/s1. The molecule has 2 fully saturated rings. The van der Waals surface area contributed by atoms with Crippen molar-refractivity contribution in [3.8, 4) is 0 Å². The van der Waals surface area contributed by atoms with E-state index in [9.17, 15) is 4.79 Å². The van der Waals surface area contributed by atoms with Gasteiger partial charge < -0.3 is 15.5 Å². The summed E-state index contributed by atoms with van der Waals surface area (Å²) in [6.45, 7) is 4.53.